The smallest absolute Gasteiger partial charge is 0.268 e. The van der Waals surface area contributed by atoms with E-state index in [0.717, 1.165) is 18.5 Å². The van der Waals surface area contributed by atoms with E-state index in [0.29, 0.717) is 18.4 Å². The van der Waals surface area contributed by atoms with Gasteiger partial charge < -0.3 is 9.30 Å². The lowest BCUT2D eigenvalue weighted by molar-refractivity contribution is 0.0394. The first-order valence-electron chi connectivity index (χ1n) is 7.91. The summed E-state index contributed by atoms with van der Waals surface area (Å²) >= 11 is 0. The fourth-order valence-corrected chi connectivity index (χ4v) is 3.53. The molecule has 2 fully saturated rings. The van der Waals surface area contributed by atoms with Gasteiger partial charge in [0.05, 0.1) is 12.6 Å². The Hall–Kier alpha value is -1.60. The molecule has 1 aromatic rings. The Morgan fingerprint density at radius 3 is 2.62 bits per heavy atom. The third-order valence-electron chi connectivity index (χ3n) is 4.91. The maximum atomic E-state index is 12.5. The molecule has 0 saturated heterocycles. The van der Waals surface area contributed by atoms with E-state index in [1.807, 2.05) is 16.7 Å². The fourth-order valence-electron chi connectivity index (χ4n) is 3.53. The molecule has 4 heteroatoms. The zero-order valence-electron chi connectivity index (χ0n) is 12.5. The second-order valence-corrected chi connectivity index (χ2v) is 6.29. The Balaban J connectivity index is 1.92. The zero-order valence-corrected chi connectivity index (χ0v) is 12.5. The SMILES string of the molecule is COC(Cn1c(C2CC2)ccc(C#N)c1=O)C1CCCC1. The van der Waals surface area contributed by atoms with Crippen molar-refractivity contribution < 1.29 is 4.74 Å². The van der Waals surface area contributed by atoms with Gasteiger partial charge in [-0.15, -0.1) is 0 Å². The Labute approximate surface area is 125 Å². The van der Waals surface area contributed by atoms with Gasteiger partial charge in [-0.05, 0) is 49.7 Å². The largest absolute Gasteiger partial charge is 0.379 e. The summed E-state index contributed by atoms with van der Waals surface area (Å²) in [5.74, 6) is 1.03. The third-order valence-corrected chi connectivity index (χ3v) is 4.91. The lowest BCUT2D eigenvalue weighted by Crippen LogP contribution is -2.34. The molecule has 112 valence electrons. The van der Waals surface area contributed by atoms with Crippen molar-refractivity contribution in [2.24, 2.45) is 5.92 Å². The Kier molecular flexibility index (Phi) is 4.12. The Morgan fingerprint density at radius 2 is 2.05 bits per heavy atom. The van der Waals surface area contributed by atoms with Gasteiger partial charge in [0.2, 0.25) is 0 Å². The van der Waals surface area contributed by atoms with Crippen LogP contribution in [0.25, 0.3) is 0 Å². The van der Waals surface area contributed by atoms with Crippen LogP contribution in [0.4, 0.5) is 0 Å². The number of hydrogen-bond acceptors (Lipinski definition) is 3. The highest BCUT2D eigenvalue weighted by Gasteiger charge is 2.30. The van der Waals surface area contributed by atoms with E-state index in [1.165, 1.54) is 25.7 Å². The molecule has 21 heavy (non-hydrogen) atoms. The first kappa shape index (κ1) is 14.3. The van der Waals surface area contributed by atoms with Crippen LogP contribution >= 0.6 is 0 Å². The van der Waals surface area contributed by atoms with Crippen LogP contribution < -0.4 is 5.56 Å². The van der Waals surface area contributed by atoms with Gasteiger partial charge in [-0.2, -0.15) is 5.26 Å². The van der Waals surface area contributed by atoms with Crippen LogP contribution in [-0.2, 0) is 11.3 Å². The van der Waals surface area contributed by atoms with Crippen LogP contribution in [0, 0.1) is 17.2 Å². The number of aromatic nitrogens is 1. The molecule has 1 atom stereocenters. The van der Waals surface area contributed by atoms with E-state index in [9.17, 15) is 4.79 Å². The maximum Gasteiger partial charge on any atom is 0.268 e. The number of methoxy groups -OCH3 is 1. The summed E-state index contributed by atoms with van der Waals surface area (Å²) in [6.07, 6.45) is 7.25. The number of ether oxygens (including phenoxy) is 1. The summed E-state index contributed by atoms with van der Waals surface area (Å²) in [6.45, 7) is 0.585. The molecular formula is C17H22N2O2. The van der Waals surface area contributed by atoms with Crippen molar-refractivity contribution >= 4 is 0 Å². The molecule has 2 aliphatic rings. The van der Waals surface area contributed by atoms with Gasteiger partial charge >= 0.3 is 0 Å². The Morgan fingerprint density at radius 1 is 1.33 bits per heavy atom. The molecule has 1 heterocycles. The van der Waals surface area contributed by atoms with Crippen LogP contribution in [0.3, 0.4) is 0 Å². The zero-order chi connectivity index (χ0) is 14.8. The minimum atomic E-state index is -0.151. The van der Waals surface area contributed by atoms with Crippen molar-refractivity contribution in [1.82, 2.24) is 4.57 Å². The molecule has 2 aliphatic carbocycles. The van der Waals surface area contributed by atoms with E-state index in [-0.39, 0.29) is 17.2 Å². The van der Waals surface area contributed by atoms with Crippen LogP contribution in [0.15, 0.2) is 16.9 Å². The number of hydrogen-bond donors (Lipinski definition) is 0. The van der Waals surface area contributed by atoms with E-state index < -0.39 is 0 Å². The average Bonchev–Trinajstić information content (AvgIpc) is 3.20. The van der Waals surface area contributed by atoms with E-state index >= 15 is 0 Å². The molecule has 0 N–H and O–H groups in total. The van der Waals surface area contributed by atoms with Crippen molar-refractivity contribution in [2.45, 2.75) is 57.1 Å². The normalized spacial score (nSPS) is 20.4. The van der Waals surface area contributed by atoms with Gasteiger partial charge in [-0.3, -0.25) is 4.79 Å². The van der Waals surface area contributed by atoms with Crippen LogP contribution in [0.2, 0.25) is 0 Å². The van der Waals surface area contributed by atoms with Gasteiger partial charge in [-0.25, -0.2) is 0 Å². The lowest BCUT2D eigenvalue weighted by atomic mass is 10.00. The highest BCUT2D eigenvalue weighted by Crippen LogP contribution is 2.40. The average molecular weight is 286 g/mol. The van der Waals surface area contributed by atoms with Gasteiger partial charge in [0.25, 0.3) is 5.56 Å². The van der Waals surface area contributed by atoms with E-state index in [4.69, 9.17) is 10.00 Å². The van der Waals surface area contributed by atoms with Crippen molar-refractivity contribution in [3.05, 3.63) is 33.7 Å². The predicted octanol–water partition coefficient (Wildman–Crippen LogP) is 2.80. The summed E-state index contributed by atoms with van der Waals surface area (Å²) in [5.41, 5.74) is 1.17. The molecule has 0 aliphatic heterocycles. The van der Waals surface area contributed by atoms with E-state index in [2.05, 4.69) is 0 Å². The molecule has 4 nitrogen and oxygen atoms in total. The molecule has 1 aromatic heterocycles. The molecule has 2 saturated carbocycles. The molecular weight excluding hydrogens is 264 g/mol. The van der Waals surface area contributed by atoms with Crippen LogP contribution in [0.5, 0.6) is 0 Å². The predicted molar refractivity (Wildman–Crippen MR) is 80.1 cm³/mol. The van der Waals surface area contributed by atoms with Crippen LogP contribution in [-0.4, -0.2) is 17.8 Å². The number of rotatable bonds is 5. The van der Waals surface area contributed by atoms with Crippen molar-refractivity contribution in [3.8, 4) is 6.07 Å². The quantitative estimate of drug-likeness (QED) is 0.836. The maximum absolute atomic E-state index is 12.5. The van der Waals surface area contributed by atoms with Crippen LogP contribution in [0.1, 0.15) is 55.7 Å². The topological polar surface area (TPSA) is 55.0 Å². The number of nitriles is 1. The van der Waals surface area contributed by atoms with Gasteiger partial charge in [0, 0.05) is 12.8 Å². The monoisotopic (exact) mass is 286 g/mol. The first-order valence-corrected chi connectivity index (χ1v) is 7.91. The molecule has 0 amide bonds. The lowest BCUT2D eigenvalue weighted by Gasteiger charge is -2.24. The molecule has 0 aromatic carbocycles. The number of nitrogens with zero attached hydrogens (tertiary/aromatic N) is 2. The minimum Gasteiger partial charge on any atom is -0.379 e. The second kappa shape index (κ2) is 6.03. The first-order chi connectivity index (χ1) is 10.2. The van der Waals surface area contributed by atoms with E-state index in [1.54, 1.807) is 13.2 Å². The Bertz CT molecular complexity index is 604. The van der Waals surface area contributed by atoms with Gasteiger partial charge in [0.1, 0.15) is 11.6 Å². The molecule has 0 bridgehead atoms. The summed E-state index contributed by atoms with van der Waals surface area (Å²) in [7, 11) is 1.74. The minimum absolute atomic E-state index is 0.0802. The summed E-state index contributed by atoms with van der Waals surface area (Å²) in [5, 5.41) is 9.10. The summed E-state index contributed by atoms with van der Waals surface area (Å²) in [4.78, 5) is 12.5. The van der Waals surface area contributed by atoms with Crippen molar-refractivity contribution in [2.75, 3.05) is 7.11 Å². The van der Waals surface area contributed by atoms with Crippen molar-refractivity contribution in [1.29, 1.82) is 5.26 Å². The molecule has 1 unspecified atom stereocenters. The van der Waals surface area contributed by atoms with Crippen molar-refractivity contribution in [3.63, 3.8) is 0 Å². The van der Waals surface area contributed by atoms with Gasteiger partial charge in [-0.1, -0.05) is 12.8 Å². The molecule has 0 radical (unpaired) electrons. The summed E-state index contributed by atoms with van der Waals surface area (Å²) in [6, 6.07) is 5.64. The highest BCUT2D eigenvalue weighted by atomic mass is 16.5. The number of pyridine rings is 1. The molecule has 0 spiro atoms. The summed E-state index contributed by atoms with van der Waals surface area (Å²) < 4.78 is 7.49. The standard InChI is InChI=1S/C17H22N2O2/c1-21-16(13-4-2-3-5-13)11-19-15(12-6-7-12)9-8-14(10-18)17(19)20/h8-9,12-13,16H,2-7,11H2,1H3. The fraction of sp³-hybridized carbons (Fsp3) is 0.647. The highest BCUT2D eigenvalue weighted by molar-refractivity contribution is 5.30. The molecule has 3 rings (SSSR count). The third kappa shape index (κ3) is 2.89. The van der Waals surface area contributed by atoms with Gasteiger partial charge in [0.15, 0.2) is 0 Å². The second-order valence-electron chi connectivity index (χ2n) is 6.29.